The molecule has 5 nitrogen and oxygen atoms in total. The van der Waals surface area contributed by atoms with Crippen LogP contribution in [-0.2, 0) is 0 Å². The van der Waals surface area contributed by atoms with E-state index >= 15 is 0 Å². The van der Waals surface area contributed by atoms with Crippen molar-refractivity contribution < 1.29 is 9.52 Å². The topological polar surface area (TPSA) is 62.4 Å². The van der Waals surface area contributed by atoms with Crippen LogP contribution >= 0.6 is 11.8 Å². The molecule has 0 aliphatic heterocycles. The predicted octanol–water partition coefficient (Wildman–Crippen LogP) is 5.64. The largest absolute Gasteiger partial charge is 0.508 e. The van der Waals surface area contributed by atoms with Gasteiger partial charge in [0, 0.05) is 17.7 Å². The smallest absolute Gasteiger partial charge is 0.247 e. The van der Waals surface area contributed by atoms with Gasteiger partial charge in [-0.25, -0.2) is 0 Å². The number of benzene rings is 2. The number of phenols is 1. The molecule has 1 N–H and O–H groups in total. The Kier molecular flexibility index (Phi) is 8.11. The number of thioether (sulfide) groups is 1. The summed E-state index contributed by atoms with van der Waals surface area (Å²) in [7, 11) is 0. The van der Waals surface area contributed by atoms with Crippen molar-refractivity contribution in [3.8, 4) is 17.2 Å². The molecular weight excluding hydrogens is 394 g/mol. The summed E-state index contributed by atoms with van der Waals surface area (Å²) in [6.07, 6.45) is 4.32. The molecular formula is C24H29N3O2S. The molecule has 0 aliphatic rings. The van der Waals surface area contributed by atoms with E-state index in [1.54, 1.807) is 17.8 Å². The third kappa shape index (κ3) is 5.52. The highest BCUT2D eigenvalue weighted by Gasteiger charge is 2.23. The van der Waals surface area contributed by atoms with E-state index in [-0.39, 0.29) is 11.0 Å². The van der Waals surface area contributed by atoms with E-state index in [4.69, 9.17) is 4.42 Å². The van der Waals surface area contributed by atoms with Crippen molar-refractivity contribution in [2.45, 2.75) is 26.0 Å². The Morgan fingerprint density at radius 1 is 1.03 bits per heavy atom. The lowest BCUT2D eigenvalue weighted by Gasteiger charge is -2.14. The van der Waals surface area contributed by atoms with Gasteiger partial charge in [0.15, 0.2) is 0 Å². The second-order valence-corrected chi connectivity index (χ2v) is 8.23. The lowest BCUT2D eigenvalue weighted by molar-refractivity contribution is 0.338. The zero-order valence-electron chi connectivity index (χ0n) is 17.8. The molecule has 1 heterocycles. The molecule has 30 heavy (non-hydrogen) atoms. The first-order valence-electron chi connectivity index (χ1n) is 10.4. The molecule has 0 amide bonds. The van der Waals surface area contributed by atoms with Gasteiger partial charge in [-0.3, -0.25) is 0 Å². The Balaban J connectivity index is 1.75. The van der Waals surface area contributed by atoms with Gasteiger partial charge < -0.3 is 14.4 Å². The van der Waals surface area contributed by atoms with E-state index in [0.29, 0.717) is 11.8 Å². The standard InChI is InChI=1S/C24H29N3O2S/c1-4-27(5-2)17-9-10-18-13-15-19(16-14-18)23-25-26-24(29-23)22(30-6-3)20-11-7-8-12-21(20)28/h7-16,22,28H,4-6,17H2,1-3H3. The number of hydrogen-bond donors (Lipinski definition) is 1. The maximum Gasteiger partial charge on any atom is 0.247 e. The fraction of sp³-hybridized carbons (Fsp3) is 0.333. The second kappa shape index (κ2) is 11.0. The summed E-state index contributed by atoms with van der Waals surface area (Å²) in [4.78, 5) is 2.36. The number of rotatable bonds is 10. The van der Waals surface area contributed by atoms with Crippen LogP contribution in [0.1, 0.15) is 43.0 Å². The first kappa shape index (κ1) is 22.1. The van der Waals surface area contributed by atoms with Crippen LogP contribution in [0.2, 0.25) is 0 Å². The summed E-state index contributed by atoms with van der Waals surface area (Å²) in [5.74, 6) is 2.09. The fourth-order valence-corrected chi connectivity index (χ4v) is 4.13. The zero-order valence-corrected chi connectivity index (χ0v) is 18.6. The normalized spacial score (nSPS) is 12.7. The minimum absolute atomic E-state index is 0.195. The summed E-state index contributed by atoms with van der Waals surface area (Å²) >= 11 is 1.65. The van der Waals surface area contributed by atoms with Crippen molar-refractivity contribution in [2.24, 2.45) is 0 Å². The SMILES string of the molecule is CCSC(c1nnc(-c2ccc(C=CCN(CC)CC)cc2)o1)c1ccccc1O. The number of phenolic OH excluding ortho intramolecular Hbond substituents is 1. The molecule has 0 saturated heterocycles. The van der Waals surface area contributed by atoms with Crippen LogP contribution in [0.4, 0.5) is 0 Å². The van der Waals surface area contributed by atoms with Crippen molar-refractivity contribution in [1.82, 2.24) is 15.1 Å². The van der Waals surface area contributed by atoms with Crippen molar-refractivity contribution in [1.29, 1.82) is 0 Å². The molecule has 0 spiro atoms. The van der Waals surface area contributed by atoms with Crippen LogP contribution in [-0.4, -0.2) is 45.6 Å². The third-order valence-corrected chi connectivity index (χ3v) is 6.07. The van der Waals surface area contributed by atoms with Gasteiger partial charge in [0.1, 0.15) is 11.0 Å². The molecule has 0 radical (unpaired) electrons. The van der Waals surface area contributed by atoms with E-state index in [1.807, 2.05) is 30.3 Å². The molecule has 1 atom stereocenters. The van der Waals surface area contributed by atoms with E-state index < -0.39 is 0 Å². The average Bonchev–Trinajstić information content (AvgIpc) is 3.26. The Morgan fingerprint density at radius 2 is 1.77 bits per heavy atom. The molecule has 2 aromatic carbocycles. The molecule has 158 valence electrons. The molecule has 0 fully saturated rings. The van der Waals surface area contributed by atoms with Gasteiger partial charge in [-0.1, -0.05) is 63.3 Å². The quantitative estimate of drug-likeness (QED) is 0.455. The molecule has 3 rings (SSSR count). The Morgan fingerprint density at radius 3 is 2.43 bits per heavy atom. The van der Waals surface area contributed by atoms with Gasteiger partial charge in [0.05, 0.1) is 0 Å². The summed E-state index contributed by atoms with van der Waals surface area (Å²) in [6.45, 7) is 9.47. The van der Waals surface area contributed by atoms with Crippen molar-refractivity contribution >= 4 is 17.8 Å². The number of aromatic nitrogens is 2. The Bertz CT molecular complexity index is 949. The van der Waals surface area contributed by atoms with Crippen molar-refractivity contribution in [3.05, 3.63) is 71.6 Å². The van der Waals surface area contributed by atoms with E-state index in [2.05, 4.69) is 60.2 Å². The van der Waals surface area contributed by atoms with Crippen LogP contribution in [0.3, 0.4) is 0 Å². The molecule has 6 heteroatoms. The van der Waals surface area contributed by atoms with E-state index in [0.717, 1.165) is 42.1 Å². The van der Waals surface area contributed by atoms with Crippen molar-refractivity contribution in [2.75, 3.05) is 25.4 Å². The summed E-state index contributed by atoms with van der Waals surface area (Å²) in [5.41, 5.74) is 2.81. The second-order valence-electron chi connectivity index (χ2n) is 6.85. The average molecular weight is 424 g/mol. The van der Waals surface area contributed by atoms with E-state index in [1.165, 1.54) is 0 Å². The van der Waals surface area contributed by atoms with Crippen LogP contribution in [0.5, 0.6) is 5.75 Å². The highest BCUT2D eigenvalue weighted by Crippen LogP contribution is 2.39. The first-order valence-corrected chi connectivity index (χ1v) is 11.4. The van der Waals surface area contributed by atoms with Crippen LogP contribution in [0, 0.1) is 0 Å². The molecule has 0 aliphatic carbocycles. The number of aromatic hydroxyl groups is 1. The van der Waals surface area contributed by atoms with Gasteiger partial charge in [0.2, 0.25) is 11.8 Å². The fourth-order valence-electron chi connectivity index (χ4n) is 3.18. The minimum Gasteiger partial charge on any atom is -0.508 e. The molecule has 0 saturated carbocycles. The van der Waals surface area contributed by atoms with Crippen molar-refractivity contribution in [3.63, 3.8) is 0 Å². The molecule has 1 aromatic heterocycles. The lowest BCUT2D eigenvalue weighted by atomic mass is 10.1. The molecule has 3 aromatic rings. The van der Waals surface area contributed by atoms with Crippen LogP contribution in [0.15, 0.2) is 59.0 Å². The van der Waals surface area contributed by atoms with E-state index in [9.17, 15) is 5.11 Å². The Labute approximate surface area is 182 Å². The highest BCUT2D eigenvalue weighted by atomic mass is 32.2. The Hall–Kier alpha value is -2.57. The number of para-hydroxylation sites is 1. The monoisotopic (exact) mass is 423 g/mol. The molecule has 1 unspecified atom stereocenters. The summed E-state index contributed by atoms with van der Waals surface area (Å²) in [5, 5.41) is 18.6. The van der Waals surface area contributed by atoms with Gasteiger partial charge in [-0.2, -0.15) is 0 Å². The molecule has 0 bridgehead atoms. The minimum atomic E-state index is -0.195. The zero-order chi connectivity index (χ0) is 21.3. The van der Waals surface area contributed by atoms with Gasteiger partial charge in [-0.05, 0) is 42.6 Å². The predicted molar refractivity (Wildman–Crippen MR) is 125 cm³/mol. The summed E-state index contributed by atoms with van der Waals surface area (Å²) in [6, 6.07) is 15.4. The highest BCUT2D eigenvalue weighted by molar-refractivity contribution is 7.99. The van der Waals surface area contributed by atoms with Crippen LogP contribution < -0.4 is 0 Å². The number of hydrogen-bond acceptors (Lipinski definition) is 6. The van der Waals surface area contributed by atoms with Gasteiger partial charge in [-0.15, -0.1) is 22.0 Å². The maximum atomic E-state index is 10.2. The number of nitrogens with zero attached hydrogens (tertiary/aromatic N) is 3. The summed E-state index contributed by atoms with van der Waals surface area (Å²) < 4.78 is 6.00. The first-order chi connectivity index (χ1) is 14.7. The van der Waals surface area contributed by atoms with Gasteiger partial charge in [0.25, 0.3) is 0 Å². The number of likely N-dealkylation sites (N-methyl/N-ethyl adjacent to an activating group) is 1. The lowest BCUT2D eigenvalue weighted by Crippen LogP contribution is -2.22. The maximum absolute atomic E-state index is 10.2. The third-order valence-electron chi connectivity index (χ3n) is 4.94. The van der Waals surface area contributed by atoms with Crippen LogP contribution in [0.25, 0.3) is 17.5 Å². The van der Waals surface area contributed by atoms with Gasteiger partial charge >= 0.3 is 0 Å².